The fourth-order valence-electron chi connectivity index (χ4n) is 2.37. The van der Waals surface area contributed by atoms with Gasteiger partial charge >= 0.3 is 5.97 Å². The summed E-state index contributed by atoms with van der Waals surface area (Å²) in [5.41, 5.74) is 1.28. The molecule has 0 saturated carbocycles. The summed E-state index contributed by atoms with van der Waals surface area (Å²) in [5.74, 6) is 0.00265. The molecule has 0 bridgehead atoms. The Kier molecular flexibility index (Phi) is 5.05. The van der Waals surface area contributed by atoms with E-state index in [2.05, 4.69) is 5.32 Å². The maximum Gasteiger partial charge on any atom is 0.313 e. The first-order chi connectivity index (χ1) is 11.2. The molecule has 0 spiro atoms. The monoisotopic (exact) mass is 331 g/mol. The molecule has 0 aliphatic carbocycles. The van der Waals surface area contributed by atoms with E-state index in [0.29, 0.717) is 17.0 Å². The maximum absolute atomic E-state index is 11.9. The van der Waals surface area contributed by atoms with Gasteiger partial charge in [-0.1, -0.05) is 0 Å². The Balaban J connectivity index is 1.52. The maximum atomic E-state index is 11.9. The molecule has 1 aliphatic rings. The van der Waals surface area contributed by atoms with E-state index in [1.165, 1.54) is 11.3 Å². The number of carbonyl (C=O) groups is 2. The van der Waals surface area contributed by atoms with Crippen LogP contribution >= 0.6 is 11.3 Å². The molecular formula is C17H17NO4S. The van der Waals surface area contributed by atoms with E-state index in [0.717, 1.165) is 19.4 Å². The summed E-state index contributed by atoms with van der Waals surface area (Å²) in [6, 6.07) is 8.51. The minimum atomic E-state index is -0.299. The number of rotatable bonds is 5. The third-order valence-electron chi connectivity index (χ3n) is 3.55. The van der Waals surface area contributed by atoms with Crippen LogP contribution < -0.4 is 10.1 Å². The Labute approximate surface area is 138 Å². The summed E-state index contributed by atoms with van der Waals surface area (Å²) in [7, 11) is 0. The van der Waals surface area contributed by atoms with E-state index in [1.54, 1.807) is 35.7 Å². The Bertz CT molecular complexity index is 660. The van der Waals surface area contributed by atoms with Crippen molar-refractivity contribution in [1.82, 2.24) is 0 Å². The molecule has 1 N–H and O–H groups in total. The third kappa shape index (κ3) is 4.40. The summed E-state index contributed by atoms with van der Waals surface area (Å²) < 4.78 is 10.7. The Morgan fingerprint density at radius 3 is 2.74 bits per heavy atom. The van der Waals surface area contributed by atoms with Crippen LogP contribution in [0, 0.1) is 0 Å². The topological polar surface area (TPSA) is 64.6 Å². The molecule has 0 radical (unpaired) electrons. The van der Waals surface area contributed by atoms with Crippen molar-refractivity contribution in [2.24, 2.45) is 0 Å². The van der Waals surface area contributed by atoms with Crippen molar-refractivity contribution in [3.63, 3.8) is 0 Å². The van der Waals surface area contributed by atoms with Crippen LogP contribution in [-0.4, -0.2) is 24.6 Å². The first-order valence-corrected chi connectivity index (χ1v) is 8.41. The Hall–Kier alpha value is -2.18. The van der Waals surface area contributed by atoms with E-state index in [4.69, 9.17) is 9.47 Å². The molecule has 5 nitrogen and oxygen atoms in total. The number of amides is 1. The van der Waals surface area contributed by atoms with E-state index in [-0.39, 0.29) is 24.4 Å². The van der Waals surface area contributed by atoms with E-state index in [9.17, 15) is 9.59 Å². The van der Waals surface area contributed by atoms with E-state index < -0.39 is 0 Å². The van der Waals surface area contributed by atoms with E-state index >= 15 is 0 Å². The molecule has 1 saturated heterocycles. The molecule has 1 aromatic carbocycles. The Morgan fingerprint density at radius 1 is 1.26 bits per heavy atom. The molecule has 2 heterocycles. The van der Waals surface area contributed by atoms with Crippen LogP contribution in [0.3, 0.4) is 0 Å². The van der Waals surface area contributed by atoms with Crippen LogP contribution in [0.25, 0.3) is 0 Å². The van der Waals surface area contributed by atoms with Crippen LogP contribution in [0.1, 0.15) is 29.6 Å². The molecule has 2 aromatic rings. The molecular weight excluding hydrogens is 314 g/mol. The van der Waals surface area contributed by atoms with Gasteiger partial charge < -0.3 is 14.8 Å². The average molecular weight is 331 g/mol. The summed E-state index contributed by atoms with van der Waals surface area (Å²) in [6.07, 6.45) is 2.15. The second kappa shape index (κ2) is 7.39. The number of benzene rings is 1. The third-order valence-corrected chi connectivity index (χ3v) is 4.23. The van der Waals surface area contributed by atoms with Crippen LogP contribution in [0.4, 0.5) is 5.69 Å². The number of nitrogens with one attached hydrogen (secondary N) is 1. The lowest BCUT2D eigenvalue weighted by Gasteiger charge is -2.09. The minimum Gasteiger partial charge on any atom is -0.426 e. The summed E-state index contributed by atoms with van der Waals surface area (Å²) in [6.45, 7) is 0.719. The lowest BCUT2D eigenvalue weighted by molar-refractivity contribution is -0.136. The normalized spacial score (nSPS) is 17.0. The van der Waals surface area contributed by atoms with Gasteiger partial charge in [-0.15, -0.1) is 0 Å². The minimum absolute atomic E-state index is 0.0216. The number of esters is 1. The first kappa shape index (κ1) is 15.7. The largest absolute Gasteiger partial charge is 0.426 e. The predicted molar refractivity (Wildman–Crippen MR) is 87.9 cm³/mol. The first-order valence-electron chi connectivity index (χ1n) is 7.46. The molecule has 6 heteroatoms. The second-order valence-electron chi connectivity index (χ2n) is 5.30. The molecule has 3 rings (SSSR count). The highest BCUT2D eigenvalue weighted by molar-refractivity contribution is 7.08. The lowest BCUT2D eigenvalue weighted by atomic mass is 10.2. The number of ether oxygens (including phenoxy) is 2. The Morgan fingerprint density at radius 2 is 2.09 bits per heavy atom. The molecule has 23 heavy (non-hydrogen) atoms. The van der Waals surface area contributed by atoms with Crippen molar-refractivity contribution in [3.8, 4) is 5.75 Å². The second-order valence-corrected chi connectivity index (χ2v) is 6.08. The highest BCUT2D eigenvalue weighted by Gasteiger charge is 2.20. The van der Waals surface area contributed by atoms with Crippen molar-refractivity contribution in [2.75, 3.05) is 11.9 Å². The van der Waals surface area contributed by atoms with Crippen LogP contribution in [-0.2, 0) is 9.53 Å². The molecule has 1 aliphatic heterocycles. The zero-order chi connectivity index (χ0) is 16.1. The molecule has 1 atom stereocenters. The average Bonchev–Trinajstić information content (AvgIpc) is 3.22. The van der Waals surface area contributed by atoms with Crippen molar-refractivity contribution < 1.29 is 19.1 Å². The zero-order valence-corrected chi connectivity index (χ0v) is 13.3. The molecule has 1 unspecified atom stereocenters. The van der Waals surface area contributed by atoms with Crippen LogP contribution in [0.2, 0.25) is 0 Å². The van der Waals surface area contributed by atoms with Gasteiger partial charge in [0.05, 0.1) is 18.1 Å². The highest BCUT2D eigenvalue weighted by atomic mass is 32.1. The van der Waals surface area contributed by atoms with Gasteiger partial charge in [0.2, 0.25) is 0 Å². The predicted octanol–water partition coefficient (Wildman–Crippen LogP) is 3.47. The van der Waals surface area contributed by atoms with E-state index in [1.807, 2.05) is 5.38 Å². The van der Waals surface area contributed by atoms with Gasteiger partial charge in [-0.2, -0.15) is 11.3 Å². The van der Waals surface area contributed by atoms with Gasteiger partial charge in [0, 0.05) is 17.7 Å². The van der Waals surface area contributed by atoms with Crippen molar-refractivity contribution in [2.45, 2.75) is 25.4 Å². The smallest absolute Gasteiger partial charge is 0.313 e. The standard InChI is InChI=1S/C17H17NO4S/c19-16(10-15-2-1-8-21-15)22-14-5-3-13(4-6-14)18-17(20)12-7-9-23-11-12/h3-7,9,11,15H,1-2,8,10H2,(H,18,20). The molecule has 120 valence electrons. The number of hydrogen-bond acceptors (Lipinski definition) is 5. The molecule has 1 fully saturated rings. The quantitative estimate of drug-likeness (QED) is 0.673. The summed E-state index contributed by atoms with van der Waals surface area (Å²) >= 11 is 1.47. The summed E-state index contributed by atoms with van der Waals surface area (Å²) in [4.78, 5) is 23.7. The zero-order valence-electron chi connectivity index (χ0n) is 12.5. The van der Waals surface area contributed by atoms with Crippen molar-refractivity contribution >= 4 is 28.9 Å². The van der Waals surface area contributed by atoms with Gasteiger partial charge in [0.15, 0.2) is 0 Å². The lowest BCUT2D eigenvalue weighted by Crippen LogP contribution is -2.17. The fourth-order valence-corrected chi connectivity index (χ4v) is 3.00. The number of hydrogen-bond donors (Lipinski definition) is 1. The van der Waals surface area contributed by atoms with Gasteiger partial charge in [-0.3, -0.25) is 9.59 Å². The van der Waals surface area contributed by atoms with Gasteiger partial charge in [-0.25, -0.2) is 0 Å². The van der Waals surface area contributed by atoms with Crippen LogP contribution in [0.5, 0.6) is 5.75 Å². The van der Waals surface area contributed by atoms with Crippen molar-refractivity contribution in [1.29, 1.82) is 0 Å². The fraction of sp³-hybridized carbons (Fsp3) is 0.294. The number of thiophene rings is 1. The van der Waals surface area contributed by atoms with Gasteiger partial charge in [0.25, 0.3) is 5.91 Å². The van der Waals surface area contributed by atoms with Crippen molar-refractivity contribution in [3.05, 3.63) is 46.7 Å². The number of carbonyl (C=O) groups excluding carboxylic acids is 2. The molecule has 1 aromatic heterocycles. The SMILES string of the molecule is O=C(CC1CCCO1)Oc1ccc(NC(=O)c2ccsc2)cc1. The highest BCUT2D eigenvalue weighted by Crippen LogP contribution is 2.20. The number of anilines is 1. The van der Waals surface area contributed by atoms with Crippen LogP contribution in [0.15, 0.2) is 41.1 Å². The van der Waals surface area contributed by atoms with Gasteiger partial charge in [-0.05, 0) is 48.6 Å². The molecule has 1 amide bonds. The summed E-state index contributed by atoms with van der Waals surface area (Å²) in [5, 5.41) is 6.43. The van der Waals surface area contributed by atoms with Gasteiger partial charge in [0.1, 0.15) is 5.75 Å².